The number of hydrogen-bond donors (Lipinski definition) is 0. The van der Waals surface area contributed by atoms with Gasteiger partial charge in [0.1, 0.15) is 11.2 Å². The van der Waals surface area contributed by atoms with Gasteiger partial charge in [0.05, 0.1) is 0 Å². The van der Waals surface area contributed by atoms with Crippen LogP contribution in [0.3, 0.4) is 0 Å². The molecule has 0 spiro atoms. The Labute approximate surface area is 302 Å². The average Bonchev–Trinajstić information content (AvgIpc) is 3.70. The van der Waals surface area contributed by atoms with Crippen molar-refractivity contribution in [2.75, 3.05) is 0 Å². The van der Waals surface area contributed by atoms with Crippen molar-refractivity contribution in [3.8, 4) is 44.5 Å². The van der Waals surface area contributed by atoms with Crippen LogP contribution < -0.4 is 0 Å². The fraction of sp³-hybridized carbons (Fsp3) is 0.0588. The molecular weight excluding hydrogens is 629 g/mol. The zero-order chi connectivity index (χ0) is 34.6. The maximum Gasteiger partial charge on any atom is 0.143 e. The number of para-hydroxylation sites is 1. The summed E-state index contributed by atoms with van der Waals surface area (Å²) in [7, 11) is 0. The predicted molar refractivity (Wildman–Crippen MR) is 220 cm³/mol. The molecule has 0 aliphatic heterocycles. The third kappa shape index (κ3) is 3.99. The summed E-state index contributed by atoms with van der Waals surface area (Å²) in [4.78, 5) is 0. The van der Waals surface area contributed by atoms with E-state index >= 15 is 0 Å². The molecule has 1 aliphatic rings. The van der Waals surface area contributed by atoms with Gasteiger partial charge in [-0.2, -0.15) is 0 Å². The summed E-state index contributed by atoms with van der Waals surface area (Å²) in [5.74, 6) is 0. The van der Waals surface area contributed by atoms with Crippen LogP contribution in [-0.4, -0.2) is 0 Å². The lowest BCUT2D eigenvalue weighted by atomic mass is 9.79. The van der Waals surface area contributed by atoms with Crippen molar-refractivity contribution in [1.82, 2.24) is 0 Å². The van der Waals surface area contributed by atoms with Crippen molar-refractivity contribution in [3.05, 3.63) is 181 Å². The first-order valence-corrected chi connectivity index (χ1v) is 18.2. The zero-order valence-corrected chi connectivity index (χ0v) is 29.1. The maximum absolute atomic E-state index is 6.60. The van der Waals surface area contributed by atoms with E-state index in [0.717, 1.165) is 11.2 Å². The first-order chi connectivity index (χ1) is 25.6. The van der Waals surface area contributed by atoms with E-state index in [1.165, 1.54) is 98.7 Å². The Morgan fingerprint density at radius 2 is 0.865 bits per heavy atom. The largest absolute Gasteiger partial charge is 0.455 e. The highest BCUT2D eigenvalue weighted by Crippen LogP contribution is 2.57. The highest BCUT2D eigenvalue weighted by atomic mass is 16.3. The third-order valence-electron chi connectivity index (χ3n) is 11.6. The van der Waals surface area contributed by atoms with Crippen molar-refractivity contribution in [2.45, 2.75) is 19.3 Å². The van der Waals surface area contributed by atoms with Crippen molar-refractivity contribution in [1.29, 1.82) is 0 Å². The lowest BCUT2D eigenvalue weighted by Crippen LogP contribution is -2.15. The highest BCUT2D eigenvalue weighted by molar-refractivity contribution is 6.25. The standard InChI is InChI=1S/C51H34O/c1-51(2)43-30-34(28-29-41(43)47-48-42-22-12-13-23-44(42)52-50(48)40-21-11-10-20-39(40)49(47)51)31-24-26-33(27-25-31)46-37-18-8-6-16-35(37)45(32-14-4-3-5-15-32)36-17-7-9-19-38(36)46/h3-30H,1-2H3. The molecule has 244 valence electrons. The minimum atomic E-state index is -0.189. The third-order valence-corrected chi connectivity index (χ3v) is 11.6. The van der Waals surface area contributed by atoms with Gasteiger partial charge >= 0.3 is 0 Å². The minimum absolute atomic E-state index is 0.189. The SMILES string of the molecule is CC1(C)c2cc(-c3ccc(-c4c5ccccc5c(-c5ccccc5)c5ccccc45)cc3)ccc2-c2c1c1ccccc1c1oc3ccccc3c21. The molecule has 52 heavy (non-hydrogen) atoms. The Morgan fingerprint density at radius 3 is 1.50 bits per heavy atom. The first-order valence-electron chi connectivity index (χ1n) is 18.2. The minimum Gasteiger partial charge on any atom is -0.455 e. The van der Waals surface area contributed by atoms with Crippen LogP contribution in [0.1, 0.15) is 25.0 Å². The van der Waals surface area contributed by atoms with Crippen molar-refractivity contribution >= 4 is 54.3 Å². The van der Waals surface area contributed by atoms with Crippen LogP contribution in [0.15, 0.2) is 174 Å². The van der Waals surface area contributed by atoms with Crippen LogP contribution in [0.4, 0.5) is 0 Å². The summed E-state index contributed by atoms with van der Waals surface area (Å²) < 4.78 is 6.60. The zero-order valence-electron chi connectivity index (χ0n) is 29.1. The van der Waals surface area contributed by atoms with Crippen LogP contribution in [0, 0.1) is 0 Å². The summed E-state index contributed by atoms with van der Waals surface area (Å²) in [6, 6.07) is 62.1. The molecule has 1 heteroatoms. The Balaban J connectivity index is 1.08. The number of furan rings is 1. The quantitative estimate of drug-likeness (QED) is 0.172. The Morgan fingerprint density at radius 1 is 0.385 bits per heavy atom. The van der Waals surface area contributed by atoms with E-state index in [1.54, 1.807) is 0 Å². The fourth-order valence-corrected chi connectivity index (χ4v) is 9.34. The van der Waals surface area contributed by atoms with Gasteiger partial charge in [-0.05, 0) is 94.7 Å². The normalized spacial score (nSPS) is 13.3. The fourth-order valence-electron chi connectivity index (χ4n) is 9.34. The van der Waals surface area contributed by atoms with E-state index in [2.05, 4.69) is 184 Å². The average molecular weight is 663 g/mol. The molecule has 0 radical (unpaired) electrons. The van der Waals surface area contributed by atoms with E-state index in [1.807, 2.05) is 0 Å². The Bertz CT molecular complexity index is 3010. The molecule has 0 saturated carbocycles. The summed E-state index contributed by atoms with van der Waals surface area (Å²) in [5.41, 5.74) is 14.6. The van der Waals surface area contributed by atoms with Gasteiger partial charge in [0, 0.05) is 21.6 Å². The van der Waals surface area contributed by atoms with Gasteiger partial charge in [-0.25, -0.2) is 0 Å². The number of rotatable bonds is 3. The lowest BCUT2D eigenvalue weighted by molar-refractivity contribution is 0.664. The molecule has 0 saturated heterocycles. The van der Waals surface area contributed by atoms with Gasteiger partial charge in [-0.3, -0.25) is 0 Å². The molecule has 1 nitrogen and oxygen atoms in total. The molecule has 0 atom stereocenters. The van der Waals surface area contributed by atoms with Gasteiger partial charge in [-0.1, -0.05) is 172 Å². The molecule has 9 aromatic carbocycles. The van der Waals surface area contributed by atoms with Crippen LogP contribution in [0.5, 0.6) is 0 Å². The second-order valence-corrected chi connectivity index (χ2v) is 14.8. The molecular formula is C51H34O. The van der Waals surface area contributed by atoms with E-state index in [0.29, 0.717) is 0 Å². The van der Waals surface area contributed by atoms with Gasteiger partial charge in [0.2, 0.25) is 0 Å². The number of fused-ring (bicyclic) bond motifs is 12. The highest BCUT2D eigenvalue weighted by Gasteiger charge is 2.39. The van der Waals surface area contributed by atoms with Gasteiger partial charge in [0.25, 0.3) is 0 Å². The molecule has 1 aliphatic carbocycles. The van der Waals surface area contributed by atoms with E-state index in [9.17, 15) is 0 Å². The van der Waals surface area contributed by atoms with Gasteiger partial charge in [0.15, 0.2) is 0 Å². The van der Waals surface area contributed by atoms with Crippen LogP contribution in [0.25, 0.3) is 98.8 Å². The van der Waals surface area contributed by atoms with Crippen molar-refractivity contribution < 1.29 is 4.42 Å². The maximum atomic E-state index is 6.60. The Kier molecular flexibility index (Phi) is 6.08. The molecule has 1 aromatic heterocycles. The number of benzene rings is 9. The summed E-state index contributed by atoms with van der Waals surface area (Å²) >= 11 is 0. The van der Waals surface area contributed by atoms with Crippen molar-refractivity contribution in [3.63, 3.8) is 0 Å². The lowest BCUT2D eigenvalue weighted by Gasteiger charge is -2.24. The summed E-state index contributed by atoms with van der Waals surface area (Å²) in [6.07, 6.45) is 0. The second kappa shape index (κ2) is 10.8. The first kappa shape index (κ1) is 29.3. The van der Waals surface area contributed by atoms with E-state index < -0.39 is 0 Å². The monoisotopic (exact) mass is 662 g/mol. The summed E-state index contributed by atoms with van der Waals surface area (Å²) in [5, 5.41) is 9.96. The molecule has 0 bridgehead atoms. The molecule has 0 fully saturated rings. The topological polar surface area (TPSA) is 13.1 Å². The van der Waals surface area contributed by atoms with Crippen LogP contribution in [-0.2, 0) is 5.41 Å². The van der Waals surface area contributed by atoms with E-state index in [-0.39, 0.29) is 5.41 Å². The molecule has 0 unspecified atom stereocenters. The predicted octanol–water partition coefficient (Wildman–Crippen LogP) is 14.4. The smallest absolute Gasteiger partial charge is 0.143 e. The molecule has 0 N–H and O–H groups in total. The van der Waals surface area contributed by atoms with Gasteiger partial charge in [-0.15, -0.1) is 0 Å². The van der Waals surface area contributed by atoms with E-state index in [4.69, 9.17) is 4.42 Å². The summed E-state index contributed by atoms with van der Waals surface area (Å²) in [6.45, 7) is 4.78. The van der Waals surface area contributed by atoms with Crippen LogP contribution >= 0.6 is 0 Å². The van der Waals surface area contributed by atoms with Gasteiger partial charge < -0.3 is 4.42 Å². The molecule has 0 amide bonds. The molecule has 1 heterocycles. The molecule has 11 rings (SSSR count). The number of hydrogen-bond acceptors (Lipinski definition) is 1. The van der Waals surface area contributed by atoms with Crippen LogP contribution in [0.2, 0.25) is 0 Å². The molecule has 10 aromatic rings. The second-order valence-electron chi connectivity index (χ2n) is 14.8. The van der Waals surface area contributed by atoms with Crippen molar-refractivity contribution in [2.24, 2.45) is 0 Å². The Hall–Kier alpha value is -6.44.